The summed E-state index contributed by atoms with van der Waals surface area (Å²) >= 11 is 0. The van der Waals surface area contributed by atoms with Crippen molar-refractivity contribution in [2.75, 3.05) is 20.1 Å². The maximum absolute atomic E-state index is 13.6. The first-order valence-electron chi connectivity index (χ1n) is 8.81. The smallest absolute Gasteiger partial charge is 0.191 e. The van der Waals surface area contributed by atoms with Crippen LogP contribution < -0.4 is 15.4 Å². The summed E-state index contributed by atoms with van der Waals surface area (Å²) in [6, 6.07) is 12.2. The summed E-state index contributed by atoms with van der Waals surface area (Å²) in [5, 5.41) is 14.7. The van der Waals surface area contributed by atoms with E-state index in [0.717, 1.165) is 11.5 Å². The molecule has 0 bridgehead atoms. The maximum Gasteiger partial charge on any atom is 0.191 e. The molecule has 2 heterocycles. The second-order valence-electron chi connectivity index (χ2n) is 6.03. The minimum absolute atomic E-state index is 0.221. The van der Waals surface area contributed by atoms with Crippen molar-refractivity contribution in [3.8, 4) is 5.75 Å². The SMILES string of the molecule is CN=C(NCCc1nnc2ccccn12)NCC(C)Oc1ccccc1F. The third-order valence-electron chi connectivity index (χ3n) is 3.97. The van der Waals surface area contributed by atoms with Crippen LogP contribution in [0.3, 0.4) is 0 Å². The molecule has 0 aliphatic rings. The summed E-state index contributed by atoms with van der Waals surface area (Å²) in [5.74, 6) is 1.40. The predicted octanol–water partition coefficient (Wildman–Crippen LogP) is 2.04. The fraction of sp³-hybridized carbons (Fsp3) is 0.316. The Labute approximate surface area is 157 Å². The Balaban J connectivity index is 1.45. The molecule has 8 heteroatoms. The highest BCUT2D eigenvalue weighted by atomic mass is 19.1. The van der Waals surface area contributed by atoms with Crippen LogP contribution in [0, 0.1) is 5.82 Å². The number of para-hydroxylation sites is 1. The molecule has 1 unspecified atom stereocenters. The van der Waals surface area contributed by atoms with Gasteiger partial charge in [0.25, 0.3) is 0 Å². The average Bonchev–Trinajstić information content (AvgIpc) is 3.09. The van der Waals surface area contributed by atoms with E-state index in [2.05, 4.69) is 25.8 Å². The maximum atomic E-state index is 13.6. The molecule has 3 rings (SSSR count). The molecule has 2 aromatic heterocycles. The molecule has 1 aromatic carbocycles. The number of aromatic nitrogens is 3. The van der Waals surface area contributed by atoms with Crippen LogP contribution in [0.2, 0.25) is 0 Å². The lowest BCUT2D eigenvalue weighted by molar-refractivity contribution is 0.214. The molecule has 0 fully saturated rings. The van der Waals surface area contributed by atoms with E-state index in [4.69, 9.17) is 4.74 Å². The molecule has 0 saturated carbocycles. The van der Waals surface area contributed by atoms with Gasteiger partial charge in [0, 0.05) is 26.2 Å². The monoisotopic (exact) mass is 370 g/mol. The lowest BCUT2D eigenvalue weighted by atomic mass is 10.3. The Morgan fingerprint density at radius 2 is 2.00 bits per heavy atom. The van der Waals surface area contributed by atoms with E-state index in [-0.39, 0.29) is 17.7 Å². The molecule has 0 spiro atoms. The van der Waals surface area contributed by atoms with Gasteiger partial charge in [-0.05, 0) is 31.2 Å². The Morgan fingerprint density at radius 3 is 2.81 bits per heavy atom. The highest BCUT2D eigenvalue weighted by Crippen LogP contribution is 2.16. The van der Waals surface area contributed by atoms with Crippen LogP contribution in [0.1, 0.15) is 12.7 Å². The quantitative estimate of drug-likeness (QED) is 0.492. The number of rotatable bonds is 7. The zero-order chi connectivity index (χ0) is 19.1. The van der Waals surface area contributed by atoms with Crippen LogP contribution in [0.25, 0.3) is 5.65 Å². The van der Waals surface area contributed by atoms with E-state index in [1.54, 1.807) is 25.2 Å². The normalized spacial score (nSPS) is 12.8. The molecule has 0 saturated heterocycles. The molecule has 0 aliphatic heterocycles. The predicted molar refractivity (Wildman–Crippen MR) is 103 cm³/mol. The van der Waals surface area contributed by atoms with Gasteiger partial charge in [0.05, 0.1) is 6.54 Å². The zero-order valence-electron chi connectivity index (χ0n) is 15.4. The largest absolute Gasteiger partial charge is 0.486 e. The summed E-state index contributed by atoms with van der Waals surface area (Å²) < 4.78 is 21.2. The van der Waals surface area contributed by atoms with E-state index < -0.39 is 0 Å². The molecule has 0 radical (unpaired) electrons. The molecular weight excluding hydrogens is 347 g/mol. The molecule has 7 nitrogen and oxygen atoms in total. The van der Waals surface area contributed by atoms with Gasteiger partial charge in [-0.15, -0.1) is 10.2 Å². The lowest BCUT2D eigenvalue weighted by Gasteiger charge is -2.18. The molecule has 2 N–H and O–H groups in total. The summed E-state index contributed by atoms with van der Waals surface area (Å²) in [6.45, 7) is 3.01. The molecule has 0 aliphatic carbocycles. The van der Waals surface area contributed by atoms with Crippen LogP contribution in [-0.4, -0.2) is 46.8 Å². The number of pyridine rings is 1. The number of nitrogens with zero attached hydrogens (tertiary/aromatic N) is 4. The van der Waals surface area contributed by atoms with E-state index in [0.29, 0.717) is 25.5 Å². The van der Waals surface area contributed by atoms with Crippen LogP contribution in [0.4, 0.5) is 4.39 Å². The Hall–Kier alpha value is -3.16. The number of benzene rings is 1. The van der Waals surface area contributed by atoms with Crippen LogP contribution >= 0.6 is 0 Å². The number of halogens is 1. The van der Waals surface area contributed by atoms with Gasteiger partial charge in [-0.2, -0.15) is 0 Å². The zero-order valence-corrected chi connectivity index (χ0v) is 15.4. The Kier molecular flexibility index (Phi) is 6.19. The number of nitrogens with one attached hydrogen (secondary N) is 2. The van der Waals surface area contributed by atoms with E-state index in [1.165, 1.54) is 6.07 Å². The van der Waals surface area contributed by atoms with Crippen molar-refractivity contribution in [2.45, 2.75) is 19.4 Å². The van der Waals surface area contributed by atoms with Crippen molar-refractivity contribution in [1.82, 2.24) is 25.2 Å². The highest BCUT2D eigenvalue weighted by Gasteiger charge is 2.09. The third-order valence-corrected chi connectivity index (χ3v) is 3.97. The van der Waals surface area contributed by atoms with Crippen molar-refractivity contribution >= 4 is 11.6 Å². The van der Waals surface area contributed by atoms with Gasteiger partial charge in [0.15, 0.2) is 23.2 Å². The minimum Gasteiger partial charge on any atom is -0.486 e. The Morgan fingerprint density at radius 1 is 1.19 bits per heavy atom. The molecule has 0 amide bonds. The van der Waals surface area contributed by atoms with Crippen molar-refractivity contribution in [2.24, 2.45) is 4.99 Å². The number of guanidine groups is 1. The lowest BCUT2D eigenvalue weighted by Crippen LogP contribution is -2.42. The van der Waals surface area contributed by atoms with Crippen LogP contribution in [-0.2, 0) is 6.42 Å². The van der Waals surface area contributed by atoms with Crippen LogP contribution in [0.5, 0.6) is 5.75 Å². The van der Waals surface area contributed by atoms with E-state index in [1.807, 2.05) is 35.7 Å². The topological polar surface area (TPSA) is 75.8 Å². The van der Waals surface area contributed by atoms with Gasteiger partial charge in [0.1, 0.15) is 11.9 Å². The first kappa shape index (κ1) is 18.6. The van der Waals surface area contributed by atoms with Gasteiger partial charge >= 0.3 is 0 Å². The number of hydrogen-bond donors (Lipinski definition) is 2. The summed E-state index contributed by atoms with van der Waals surface area (Å²) in [5.41, 5.74) is 0.828. The summed E-state index contributed by atoms with van der Waals surface area (Å²) in [7, 11) is 1.70. The molecule has 142 valence electrons. The van der Waals surface area contributed by atoms with Crippen molar-refractivity contribution in [1.29, 1.82) is 0 Å². The first-order chi connectivity index (χ1) is 13.2. The standard InChI is InChI=1S/C19H23FN6O/c1-14(27-16-8-4-3-7-15(16)20)13-23-19(21-2)22-11-10-18-25-24-17-9-5-6-12-26(17)18/h3-9,12,14H,10-11,13H2,1-2H3,(H2,21,22,23). The average molecular weight is 370 g/mol. The van der Waals surface area contributed by atoms with Gasteiger partial charge in [-0.25, -0.2) is 4.39 Å². The van der Waals surface area contributed by atoms with Crippen molar-refractivity contribution in [3.05, 3.63) is 60.3 Å². The minimum atomic E-state index is -0.368. The second kappa shape index (κ2) is 8.98. The van der Waals surface area contributed by atoms with Gasteiger partial charge in [0.2, 0.25) is 0 Å². The van der Waals surface area contributed by atoms with E-state index in [9.17, 15) is 4.39 Å². The van der Waals surface area contributed by atoms with E-state index >= 15 is 0 Å². The Bertz CT molecular complexity index is 910. The van der Waals surface area contributed by atoms with Crippen molar-refractivity contribution in [3.63, 3.8) is 0 Å². The van der Waals surface area contributed by atoms with Gasteiger partial charge < -0.3 is 15.4 Å². The number of fused-ring (bicyclic) bond motifs is 1. The summed E-state index contributed by atoms with van der Waals surface area (Å²) in [6.07, 6.45) is 2.42. The fourth-order valence-electron chi connectivity index (χ4n) is 2.61. The number of ether oxygens (including phenoxy) is 1. The van der Waals surface area contributed by atoms with Crippen molar-refractivity contribution < 1.29 is 9.13 Å². The number of hydrogen-bond acceptors (Lipinski definition) is 4. The fourth-order valence-corrected chi connectivity index (χ4v) is 2.61. The highest BCUT2D eigenvalue weighted by molar-refractivity contribution is 5.79. The molecule has 1 atom stereocenters. The summed E-state index contributed by atoms with van der Waals surface area (Å²) in [4.78, 5) is 4.19. The third kappa shape index (κ3) is 4.93. The molecule has 3 aromatic rings. The number of aliphatic imine (C=N–C) groups is 1. The van der Waals surface area contributed by atoms with Gasteiger partial charge in [-0.3, -0.25) is 9.39 Å². The second-order valence-corrected chi connectivity index (χ2v) is 6.03. The molecule has 27 heavy (non-hydrogen) atoms. The van der Waals surface area contributed by atoms with Gasteiger partial charge in [-0.1, -0.05) is 18.2 Å². The first-order valence-corrected chi connectivity index (χ1v) is 8.81. The molecular formula is C19H23FN6O. The van der Waals surface area contributed by atoms with Crippen LogP contribution in [0.15, 0.2) is 53.7 Å².